The average Bonchev–Trinajstić information content (AvgIpc) is 2.29. The van der Waals surface area contributed by atoms with E-state index < -0.39 is 6.10 Å². The van der Waals surface area contributed by atoms with Gasteiger partial charge in [0.05, 0.1) is 5.69 Å². The summed E-state index contributed by atoms with van der Waals surface area (Å²) in [5.41, 5.74) is 2.49. The maximum absolute atomic E-state index is 10.1. The summed E-state index contributed by atoms with van der Waals surface area (Å²) in [6.07, 6.45) is -0.633. The van der Waals surface area contributed by atoms with Crippen molar-refractivity contribution >= 4 is 0 Å². The molecular formula is C13H13NO. The second-order valence-corrected chi connectivity index (χ2v) is 3.52. The van der Waals surface area contributed by atoms with Gasteiger partial charge in [-0.1, -0.05) is 36.4 Å². The van der Waals surface area contributed by atoms with Crippen molar-refractivity contribution in [2.45, 2.75) is 13.0 Å². The Morgan fingerprint density at radius 3 is 2.40 bits per heavy atom. The lowest BCUT2D eigenvalue weighted by molar-refractivity contribution is 0.215. The number of rotatable bonds is 2. The van der Waals surface area contributed by atoms with E-state index in [1.54, 1.807) is 0 Å². The van der Waals surface area contributed by atoms with Crippen LogP contribution < -0.4 is 0 Å². The fourth-order valence-corrected chi connectivity index (χ4v) is 1.52. The monoisotopic (exact) mass is 199 g/mol. The zero-order chi connectivity index (χ0) is 10.7. The Balaban J connectivity index is 2.32. The lowest BCUT2D eigenvalue weighted by Crippen LogP contribution is -2.02. The fourth-order valence-electron chi connectivity index (χ4n) is 1.52. The maximum atomic E-state index is 10.1. The van der Waals surface area contributed by atoms with E-state index >= 15 is 0 Å². The van der Waals surface area contributed by atoms with Crippen LogP contribution in [0.1, 0.15) is 23.1 Å². The lowest BCUT2D eigenvalue weighted by Gasteiger charge is -2.10. The van der Waals surface area contributed by atoms with E-state index in [0.29, 0.717) is 5.69 Å². The van der Waals surface area contributed by atoms with Gasteiger partial charge in [0, 0.05) is 5.69 Å². The Bertz CT molecular complexity index is 439. The van der Waals surface area contributed by atoms with Crippen LogP contribution in [0.3, 0.4) is 0 Å². The van der Waals surface area contributed by atoms with Gasteiger partial charge in [-0.3, -0.25) is 4.98 Å². The van der Waals surface area contributed by atoms with Crippen molar-refractivity contribution in [2.24, 2.45) is 0 Å². The normalized spacial score (nSPS) is 12.4. The number of aromatic nitrogens is 1. The smallest absolute Gasteiger partial charge is 0.121 e. The molecule has 15 heavy (non-hydrogen) atoms. The van der Waals surface area contributed by atoms with Gasteiger partial charge in [0.1, 0.15) is 6.10 Å². The first kappa shape index (κ1) is 9.87. The van der Waals surface area contributed by atoms with E-state index in [0.717, 1.165) is 11.3 Å². The van der Waals surface area contributed by atoms with E-state index in [4.69, 9.17) is 0 Å². The molecule has 0 unspecified atom stereocenters. The molecule has 0 fully saturated rings. The van der Waals surface area contributed by atoms with Crippen LogP contribution in [-0.4, -0.2) is 10.1 Å². The molecule has 1 N–H and O–H groups in total. The molecule has 0 radical (unpaired) electrons. The minimum absolute atomic E-state index is 0.633. The van der Waals surface area contributed by atoms with Crippen LogP contribution in [0, 0.1) is 6.92 Å². The highest BCUT2D eigenvalue weighted by Crippen LogP contribution is 2.19. The van der Waals surface area contributed by atoms with Crippen molar-refractivity contribution in [3.8, 4) is 0 Å². The molecule has 0 saturated carbocycles. The third-order valence-corrected chi connectivity index (χ3v) is 2.31. The van der Waals surface area contributed by atoms with E-state index in [1.807, 2.05) is 55.5 Å². The predicted octanol–water partition coefficient (Wildman–Crippen LogP) is 2.47. The van der Waals surface area contributed by atoms with Crippen molar-refractivity contribution in [1.82, 2.24) is 4.98 Å². The number of aliphatic hydroxyl groups excluding tert-OH is 1. The standard InChI is InChI=1S/C13H13NO/c1-10-6-5-9-12(14-10)13(15)11-7-3-2-4-8-11/h2-9,13,15H,1H3/t13-/m1/s1. The largest absolute Gasteiger partial charge is 0.382 e. The van der Waals surface area contributed by atoms with Gasteiger partial charge in [0.25, 0.3) is 0 Å². The summed E-state index contributed by atoms with van der Waals surface area (Å²) in [5.74, 6) is 0. The summed E-state index contributed by atoms with van der Waals surface area (Å²) < 4.78 is 0. The van der Waals surface area contributed by atoms with E-state index in [-0.39, 0.29) is 0 Å². The first-order chi connectivity index (χ1) is 7.27. The Hall–Kier alpha value is -1.67. The molecule has 1 atom stereocenters. The highest BCUT2D eigenvalue weighted by Gasteiger charge is 2.10. The van der Waals surface area contributed by atoms with Crippen LogP contribution in [0.25, 0.3) is 0 Å². The Morgan fingerprint density at radius 2 is 1.73 bits per heavy atom. The second kappa shape index (κ2) is 4.24. The van der Waals surface area contributed by atoms with Crippen LogP contribution in [0.15, 0.2) is 48.5 Å². The number of nitrogens with zero attached hydrogens (tertiary/aromatic N) is 1. The zero-order valence-electron chi connectivity index (χ0n) is 8.59. The van der Waals surface area contributed by atoms with Gasteiger partial charge in [0.15, 0.2) is 0 Å². The highest BCUT2D eigenvalue weighted by molar-refractivity contribution is 5.26. The van der Waals surface area contributed by atoms with Crippen LogP contribution >= 0.6 is 0 Å². The molecule has 2 heteroatoms. The third-order valence-electron chi connectivity index (χ3n) is 2.31. The summed E-state index contributed by atoms with van der Waals surface area (Å²) in [7, 11) is 0. The third kappa shape index (κ3) is 2.22. The van der Waals surface area contributed by atoms with Crippen molar-refractivity contribution in [1.29, 1.82) is 0 Å². The van der Waals surface area contributed by atoms with E-state index in [2.05, 4.69) is 4.98 Å². The van der Waals surface area contributed by atoms with E-state index in [1.165, 1.54) is 0 Å². The molecule has 0 saturated heterocycles. The highest BCUT2D eigenvalue weighted by atomic mass is 16.3. The first-order valence-electron chi connectivity index (χ1n) is 4.94. The predicted molar refractivity (Wildman–Crippen MR) is 59.5 cm³/mol. The molecule has 2 rings (SSSR count). The molecule has 1 aromatic carbocycles. The Morgan fingerprint density at radius 1 is 1.00 bits per heavy atom. The van der Waals surface area contributed by atoms with Gasteiger partial charge < -0.3 is 5.11 Å². The molecule has 76 valence electrons. The SMILES string of the molecule is Cc1cccc([C@H](O)c2ccccc2)n1. The van der Waals surface area contributed by atoms with Crippen molar-refractivity contribution in [3.63, 3.8) is 0 Å². The lowest BCUT2D eigenvalue weighted by atomic mass is 10.1. The second-order valence-electron chi connectivity index (χ2n) is 3.52. The zero-order valence-corrected chi connectivity index (χ0v) is 8.59. The summed E-state index contributed by atoms with van der Waals surface area (Å²) in [6, 6.07) is 15.2. The number of hydrogen-bond donors (Lipinski definition) is 1. The maximum Gasteiger partial charge on any atom is 0.121 e. The molecular weight excluding hydrogens is 186 g/mol. The minimum Gasteiger partial charge on any atom is -0.382 e. The molecule has 0 aliphatic carbocycles. The fraction of sp³-hybridized carbons (Fsp3) is 0.154. The number of aliphatic hydroxyl groups is 1. The molecule has 2 nitrogen and oxygen atoms in total. The van der Waals surface area contributed by atoms with Crippen molar-refractivity contribution < 1.29 is 5.11 Å². The van der Waals surface area contributed by atoms with Gasteiger partial charge in [-0.25, -0.2) is 0 Å². The van der Waals surface area contributed by atoms with Crippen molar-refractivity contribution in [3.05, 3.63) is 65.5 Å². The molecule has 0 amide bonds. The van der Waals surface area contributed by atoms with Crippen LogP contribution in [0.2, 0.25) is 0 Å². The molecule has 0 spiro atoms. The summed E-state index contributed by atoms with van der Waals surface area (Å²) in [6.45, 7) is 1.92. The summed E-state index contributed by atoms with van der Waals surface area (Å²) in [5, 5.41) is 10.1. The van der Waals surface area contributed by atoms with Crippen LogP contribution in [0.5, 0.6) is 0 Å². The Kier molecular flexibility index (Phi) is 2.79. The molecule has 2 aromatic rings. The topological polar surface area (TPSA) is 33.1 Å². The first-order valence-corrected chi connectivity index (χ1v) is 4.94. The molecule has 1 heterocycles. The average molecular weight is 199 g/mol. The van der Waals surface area contributed by atoms with Gasteiger partial charge in [-0.05, 0) is 24.6 Å². The van der Waals surface area contributed by atoms with E-state index in [9.17, 15) is 5.11 Å². The van der Waals surface area contributed by atoms with Crippen LogP contribution in [0.4, 0.5) is 0 Å². The van der Waals surface area contributed by atoms with Crippen molar-refractivity contribution in [2.75, 3.05) is 0 Å². The number of aryl methyl sites for hydroxylation is 1. The number of pyridine rings is 1. The molecule has 0 aliphatic heterocycles. The minimum atomic E-state index is -0.633. The summed E-state index contributed by atoms with van der Waals surface area (Å²) >= 11 is 0. The van der Waals surface area contributed by atoms with Crippen LogP contribution in [-0.2, 0) is 0 Å². The molecule has 0 aliphatic rings. The molecule has 1 aromatic heterocycles. The molecule has 0 bridgehead atoms. The van der Waals surface area contributed by atoms with Gasteiger partial charge in [-0.15, -0.1) is 0 Å². The number of hydrogen-bond acceptors (Lipinski definition) is 2. The van der Waals surface area contributed by atoms with Gasteiger partial charge in [-0.2, -0.15) is 0 Å². The summed E-state index contributed by atoms with van der Waals surface area (Å²) in [4.78, 5) is 4.30. The Labute approximate surface area is 89.2 Å². The quantitative estimate of drug-likeness (QED) is 0.806. The number of benzene rings is 1. The van der Waals surface area contributed by atoms with Gasteiger partial charge >= 0.3 is 0 Å². The van der Waals surface area contributed by atoms with Gasteiger partial charge in [0.2, 0.25) is 0 Å².